The molecule has 0 amide bonds. The molecule has 4 aliphatic carbocycles. The molecule has 3 heteroatoms. The minimum atomic E-state index is -1.08. The lowest BCUT2D eigenvalue weighted by Gasteiger charge is -2.57. The number of carbonyl (C=O) groups excluding carboxylic acids is 3. The molecule has 3 atom stereocenters. The lowest BCUT2D eigenvalue weighted by molar-refractivity contribution is -0.162. The van der Waals surface area contributed by atoms with E-state index in [1.165, 1.54) is 12.0 Å². The maximum Gasteiger partial charge on any atom is 0.158 e. The lowest BCUT2D eigenvalue weighted by Crippen LogP contribution is -2.59. The molecule has 2 bridgehead atoms. The third-order valence-electron chi connectivity index (χ3n) is 8.26. The van der Waals surface area contributed by atoms with Gasteiger partial charge in [0, 0.05) is 0 Å². The number of rotatable bonds is 5. The standard InChI is InChI=1S/C25H38O3/c1-14(2)11-16(12-15-9-10-17-13-18(15)23(17,3)4)19-20(26)24(5,6)22(28)25(7,8)21(19)27/h9,14,16-19H,10-13H2,1-8H3/t16-,17-,18-/m0/s1. The molecule has 0 unspecified atom stereocenters. The van der Waals surface area contributed by atoms with Crippen molar-refractivity contribution >= 4 is 17.3 Å². The van der Waals surface area contributed by atoms with E-state index in [1.54, 1.807) is 27.7 Å². The third kappa shape index (κ3) is 3.04. The Morgan fingerprint density at radius 2 is 1.50 bits per heavy atom. The average molecular weight is 387 g/mol. The van der Waals surface area contributed by atoms with E-state index in [-0.39, 0.29) is 23.3 Å². The first-order chi connectivity index (χ1) is 12.7. The fourth-order valence-corrected chi connectivity index (χ4v) is 6.28. The topological polar surface area (TPSA) is 51.2 Å². The molecule has 0 aliphatic heterocycles. The lowest BCUT2D eigenvalue weighted by atomic mass is 9.47. The quantitative estimate of drug-likeness (QED) is 0.468. The number of hydrogen-bond acceptors (Lipinski definition) is 3. The van der Waals surface area contributed by atoms with Crippen LogP contribution in [-0.4, -0.2) is 17.3 Å². The average Bonchev–Trinajstić information content (AvgIpc) is 2.59. The summed E-state index contributed by atoms with van der Waals surface area (Å²) in [5.74, 6) is 0.549. The molecule has 4 rings (SSSR count). The summed E-state index contributed by atoms with van der Waals surface area (Å²) in [7, 11) is 0. The fraction of sp³-hybridized carbons (Fsp3) is 0.800. The molecule has 0 N–H and O–H groups in total. The molecule has 4 aliphatic rings. The van der Waals surface area contributed by atoms with E-state index in [2.05, 4.69) is 33.8 Å². The van der Waals surface area contributed by atoms with Crippen LogP contribution in [0.25, 0.3) is 0 Å². The van der Waals surface area contributed by atoms with Crippen molar-refractivity contribution in [3.05, 3.63) is 11.6 Å². The van der Waals surface area contributed by atoms with Gasteiger partial charge in [-0.1, -0.05) is 39.3 Å². The highest BCUT2D eigenvalue weighted by atomic mass is 16.2. The minimum Gasteiger partial charge on any atom is -0.298 e. The van der Waals surface area contributed by atoms with Gasteiger partial charge in [0.2, 0.25) is 0 Å². The van der Waals surface area contributed by atoms with E-state index >= 15 is 0 Å². The summed E-state index contributed by atoms with van der Waals surface area (Å²) in [4.78, 5) is 39.6. The van der Waals surface area contributed by atoms with Crippen LogP contribution in [0.4, 0.5) is 0 Å². The van der Waals surface area contributed by atoms with Crippen LogP contribution in [-0.2, 0) is 14.4 Å². The molecular formula is C25H38O3. The van der Waals surface area contributed by atoms with Gasteiger partial charge in [0.1, 0.15) is 0 Å². The normalized spacial score (nSPS) is 32.2. The van der Waals surface area contributed by atoms with Crippen LogP contribution in [0.2, 0.25) is 0 Å². The predicted octanol–water partition coefficient (Wildman–Crippen LogP) is 5.42. The molecule has 0 heterocycles. The van der Waals surface area contributed by atoms with Crippen molar-refractivity contribution in [3.8, 4) is 0 Å². The maximum absolute atomic E-state index is 13.4. The summed E-state index contributed by atoms with van der Waals surface area (Å²) in [5.41, 5.74) is -0.383. The zero-order valence-corrected chi connectivity index (χ0v) is 19.0. The van der Waals surface area contributed by atoms with Crippen LogP contribution in [0.5, 0.6) is 0 Å². The van der Waals surface area contributed by atoms with Crippen LogP contribution in [0.1, 0.15) is 81.1 Å². The first-order valence-corrected chi connectivity index (χ1v) is 11.0. The summed E-state index contributed by atoms with van der Waals surface area (Å²) >= 11 is 0. The molecule has 3 nitrogen and oxygen atoms in total. The van der Waals surface area contributed by atoms with Crippen LogP contribution < -0.4 is 0 Å². The van der Waals surface area contributed by atoms with Crippen molar-refractivity contribution in [3.63, 3.8) is 0 Å². The Morgan fingerprint density at radius 1 is 0.964 bits per heavy atom. The molecule has 2 fully saturated rings. The molecule has 0 radical (unpaired) electrons. The number of allylic oxidation sites excluding steroid dienone is 2. The highest BCUT2D eigenvalue weighted by molar-refractivity contribution is 6.28. The number of fused-ring (bicyclic) bond motifs is 1. The Hall–Kier alpha value is -1.25. The number of carbonyl (C=O) groups is 3. The second kappa shape index (κ2) is 6.64. The van der Waals surface area contributed by atoms with Crippen molar-refractivity contribution in [2.45, 2.75) is 81.1 Å². The minimum absolute atomic E-state index is 0.00847. The molecule has 0 aromatic carbocycles. The zero-order chi connectivity index (χ0) is 21.2. The molecule has 2 saturated carbocycles. The second-order valence-corrected chi connectivity index (χ2v) is 11.7. The van der Waals surface area contributed by atoms with E-state index in [4.69, 9.17) is 0 Å². The molecule has 28 heavy (non-hydrogen) atoms. The van der Waals surface area contributed by atoms with E-state index in [0.29, 0.717) is 17.3 Å². The van der Waals surface area contributed by atoms with Gasteiger partial charge in [-0.25, -0.2) is 0 Å². The Labute approximate surface area is 170 Å². The van der Waals surface area contributed by atoms with Crippen molar-refractivity contribution < 1.29 is 14.4 Å². The van der Waals surface area contributed by atoms with Gasteiger partial charge in [-0.3, -0.25) is 14.4 Å². The monoisotopic (exact) mass is 386 g/mol. The molecule has 0 saturated heterocycles. The van der Waals surface area contributed by atoms with Gasteiger partial charge in [0.25, 0.3) is 0 Å². The van der Waals surface area contributed by atoms with Crippen LogP contribution >= 0.6 is 0 Å². The van der Waals surface area contributed by atoms with Gasteiger partial charge in [-0.15, -0.1) is 0 Å². The van der Waals surface area contributed by atoms with E-state index in [9.17, 15) is 14.4 Å². The number of Topliss-reactive ketones (excluding diaryl/α,β-unsaturated/α-hetero) is 3. The first kappa shape index (κ1) is 21.5. The number of ketones is 3. The predicted molar refractivity (Wildman–Crippen MR) is 112 cm³/mol. The Kier molecular flexibility index (Phi) is 5.09. The van der Waals surface area contributed by atoms with Gasteiger partial charge in [-0.05, 0) is 82.5 Å². The van der Waals surface area contributed by atoms with E-state index < -0.39 is 16.7 Å². The second-order valence-electron chi connectivity index (χ2n) is 11.7. The summed E-state index contributed by atoms with van der Waals surface area (Å²) in [6.45, 7) is 15.9. The van der Waals surface area contributed by atoms with Crippen molar-refractivity contribution in [2.75, 3.05) is 0 Å². The third-order valence-corrected chi connectivity index (χ3v) is 8.26. The Morgan fingerprint density at radius 3 is 1.93 bits per heavy atom. The first-order valence-electron chi connectivity index (χ1n) is 11.0. The number of hydrogen-bond donors (Lipinski definition) is 0. The molecule has 0 aromatic rings. The molecule has 156 valence electrons. The smallest absolute Gasteiger partial charge is 0.158 e. The van der Waals surface area contributed by atoms with Crippen molar-refractivity contribution in [1.29, 1.82) is 0 Å². The van der Waals surface area contributed by atoms with Gasteiger partial charge in [-0.2, -0.15) is 0 Å². The van der Waals surface area contributed by atoms with Crippen molar-refractivity contribution in [2.24, 2.45) is 45.8 Å². The van der Waals surface area contributed by atoms with Gasteiger partial charge >= 0.3 is 0 Å². The largest absolute Gasteiger partial charge is 0.298 e. The summed E-state index contributed by atoms with van der Waals surface area (Å²) < 4.78 is 0. The maximum atomic E-state index is 13.4. The summed E-state index contributed by atoms with van der Waals surface area (Å²) in [5, 5.41) is 0. The van der Waals surface area contributed by atoms with Gasteiger partial charge in [0.15, 0.2) is 17.3 Å². The van der Waals surface area contributed by atoms with E-state index in [1.807, 2.05) is 0 Å². The highest BCUT2D eigenvalue weighted by Crippen LogP contribution is 2.60. The molecule has 0 spiro atoms. The SMILES string of the molecule is CC(C)C[C@@H](CC1=CC[C@H]2C[C@@H]1C2(C)C)C1C(=O)C(C)(C)C(=O)C(C)(C)C1=O. The summed E-state index contributed by atoms with van der Waals surface area (Å²) in [6.07, 6.45) is 6.42. The zero-order valence-electron chi connectivity index (χ0n) is 19.0. The fourth-order valence-electron chi connectivity index (χ4n) is 6.28. The van der Waals surface area contributed by atoms with Crippen LogP contribution in [0.3, 0.4) is 0 Å². The highest BCUT2D eigenvalue weighted by Gasteiger charge is 2.60. The Bertz CT molecular complexity index is 705. The summed E-state index contributed by atoms with van der Waals surface area (Å²) in [6, 6.07) is 0. The van der Waals surface area contributed by atoms with Crippen LogP contribution in [0.15, 0.2) is 11.6 Å². The van der Waals surface area contributed by atoms with Crippen LogP contribution in [0, 0.1) is 45.8 Å². The van der Waals surface area contributed by atoms with Crippen molar-refractivity contribution in [1.82, 2.24) is 0 Å². The molecule has 0 aromatic heterocycles. The van der Waals surface area contributed by atoms with Gasteiger partial charge in [0.05, 0.1) is 16.7 Å². The van der Waals surface area contributed by atoms with E-state index in [0.717, 1.165) is 25.2 Å². The van der Waals surface area contributed by atoms with Gasteiger partial charge < -0.3 is 0 Å². The Balaban J connectivity index is 1.95. The molecular weight excluding hydrogens is 348 g/mol.